The molecular formula is C5H10O6. The van der Waals surface area contributed by atoms with E-state index in [1.807, 2.05) is 0 Å². The molecule has 0 bridgehead atoms. The molecule has 0 aromatic rings. The molecule has 6 nitrogen and oxygen atoms in total. The summed E-state index contributed by atoms with van der Waals surface area (Å²) in [6, 6.07) is 0. The van der Waals surface area contributed by atoms with Crippen molar-refractivity contribution in [2.45, 2.75) is 18.9 Å². The van der Waals surface area contributed by atoms with Gasteiger partial charge in [-0.2, -0.15) is 9.78 Å². The number of aliphatic hydroxyl groups is 2. The van der Waals surface area contributed by atoms with E-state index in [-0.39, 0.29) is 6.61 Å². The molecule has 0 aromatic carbocycles. The largest absolute Gasteiger partial charge is 0.393 e. The van der Waals surface area contributed by atoms with Crippen LogP contribution >= 0.6 is 0 Å². The minimum Gasteiger partial charge on any atom is -0.393 e. The molecule has 0 spiro atoms. The van der Waals surface area contributed by atoms with Gasteiger partial charge >= 0.3 is 6.48 Å². The van der Waals surface area contributed by atoms with Crippen molar-refractivity contribution in [2.75, 3.05) is 13.7 Å². The molecule has 0 aromatic heterocycles. The van der Waals surface area contributed by atoms with Crippen molar-refractivity contribution >= 4 is 0 Å². The quantitative estimate of drug-likeness (QED) is 0.490. The molecule has 3 atom stereocenters. The smallest absolute Gasteiger partial charge is 0.301 e. The minimum atomic E-state index is -1.27. The van der Waals surface area contributed by atoms with Crippen molar-refractivity contribution in [3.8, 4) is 0 Å². The summed E-state index contributed by atoms with van der Waals surface area (Å²) in [7, 11) is 1.35. The first kappa shape index (κ1) is 8.85. The Morgan fingerprint density at radius 3 is 2.73 bits per heavy atom. The summed E-state index contributed by atoms with van der Waals surface area (Å²) in [5.74, 6) is 0. The third-order valence-electron chi connectivity index (χ3n) is 1.21. The first-order chi connectivity index (χ1) is 5.27. The highest BCUT2D eigenvalue weighted by Gasteiger charge is 2.31. The molecule has 6 heteroatoms. The van der Waals surface area contributed by atoms with Crippen LogP contribution in [0.1, 0.15) is 0 Å². The van der Waals surface area contributed by atoms with E-state index in [0.29, 0.717) is 0 Å². The molecular weight excluding hydrogens is 156 g/mol. The second kappa shape index (κ2) is 3.96. The number of methoxy groups -OCH3 is 1. The van der Waals surface area contributed by atoms with E-state index in [0.717, 1.165) is 0 Å². The molecule has 0 amide bonds. The van der Waals surface area contributed by atoms with Gasteiger partial charge in [-0.15, -0.1) is 0 Å². The fraction of sp³-hybridized carbons (Fsp3) is 1.00. The molecule has 0 saturated carbocycles. The molecule has 0 radical (unpaired) electrons. The van der Waals surface area contributed by atoms with Crippen LogP contribution < -0.4 is 0 Å². The molecule has 1 fully saturated rings. The predicted octanol–water partition coefficient (Wildman–Crippen LogP) is -1.43. The van der Waals surface area contributed by atoms with Crippen LogP contribution in [-0.2, 0) is 19.2 Å². The SMILES string of the molecule is CO[C@@H]1OO[C@H](O)C(CO)O1. The standard InChI is InChI=1S/C5H10O6/c1-8-5-9-3(2-6)4(7)10-11-5/h3-7H,2H2,1H3/t3?,4-,5-/m0/s1. The first-order valence-corrected chi connectivity index (χ1v) is 3.07. The van der Waals surface area contributed by atoms with Crippen LogP contribution in [0.5, 0.6) is 0 Å². The third-order valence-corrected chi connectivity index (χ3v) is 1.21. The lowest BCUT2D eigenvalue weighted by molar-refractivity contribution is -0.534. The molecule has 66 valence electrons. The van der Waals surface area contributed by atoms with Crippen molar-refractivity contribution in [3.63, 3.8) is 0 Å². The van der Waals surface area contributed by atoms with E-state index in [1.165, 1.54) is 7.11 Å². The van der Waals surface area contributed by atoms with E-state index in [9.17, 15) is 0 Å². The summed E-state index contributed by atoms with van der Waals surface area (Å²) in [5, 5.41) is 17.5. The topological polar surface area (TPSA) is 77.4 Å². The zero-order chi connectivity index (χ0) is 8.27. The highest BCUT2D eigenvalue weighted by molar-refractivity contribution is 4.59. The average Bonchev–Trinajstić information content (AvgIpc) is 2.05. The predicted molar refractivity (Wildman–Crippen MR) is 30.9 cm³/mol. The lowest BCUT2D eigenvalue weighted by Gasteiger charge is -2.29. The van der Waals surface area contributed by atoms with Crippen LogP contribution in [0.4, 0.5) is 0 Å². The number of ether oxygens (including phenoxy) is 2. The summed E-state index contributed by atoms with van der Waals surface area (Å²) >= 11 is 0. The maximum Gasteiger partial charge on any atom is 0.301 e. The van der Waals surface area contributed by atoms with Crippen molar-refractivity contribution in [2.24, 2.45) is 0 Å². The maximum absolute atomic E-state index is 8.89. The summed E-state index contributed by atoms with van der Waals surface area (Å²) in [6.45, 7) is -1.35. The summed E-state index contributed by atoms with van der Waals surface area (Å²) in [6.07, 6.45) is -2.10. The maximum atomic E-state index is 8.89. The van der Waals surface area contributed by atoms with Gasteiger partial charge in [-0.3, -0.25) is 0 Å². The molecule has 1 rings (SSSR count). The molecule has 2 N–H and O–H groups in total. The molecule has 1 unspecified atom stereocenters. The van der Waals surface area contributed by atoms with Crippen LogP contribution in [0.2, 0.25) is 0 Å². The van der Waals surface area contributed by atoms with Crippen molar-refractivity contribution in [3.05, 3.63) is 0 Å². The molecule has 1 heterocycles. The van der Waals surface area contributed by atoms with Crippen molar-refractivity contribution in [1.29, 1.82) is 0 Å². The molecule has 0 aliphatic carbocycles. The Balaban J connectivity index is 2.37. The Labute approximate surface area is 63.2 Å². The van der Waals surface area contributed by atoms with Crippen LogP contribution in [-0.4, -0.2) is 42.8 Å². The van der Waals surface area contributed by atoms with Gasteiger partial charge in [0.25, 0.3) is 0 Å². The second-order valence-corrected chi connectivity index (χ2v) is 1.96. The Kier molecular flexibility index (Phi) is 3.18. The summed E-state index contributed by atoms with van der Waals surface area (Å²) < 4.78 is 9.41. The Hall–Kier alpha value is -0.240. The van der Waals surface area contributed by atoms with E-state index >= 15 is 0 Å². The number of aliphatic hydroxyl groups excluding tert-OH is 2. The molecule has 1 aliphatic rings. The third kappa shape index (κ3) is 2.09. The van der Waals surface area contributed by atoms with Gasteiger partial charge in [0.2, 0.25) is 6.29 Å². The number of rotatable bonds is 2. The minimum absolute atomic E-state index is 0.357. The van der Waals surface area contributed by atoms with E-state index in [1.54, 1.807) is 0 Å². The fourth-order valence-electron chi connectivity index (χ4n) is 0.625. The fourth-order valence-corrected chi connectivity index (χ4v) is 0.625. The monoisotopic (exact) mass is 166 g/mol. The zero-order valence-electron chi connectivity index (χ0n) is 5.97. The normalized spacial score (nSPS) is 39.0. The highest BCUT2D eigenvalue weighted by atomic mass is 17.3. The van der Waals surface area contributed by atoms with E-state index < -0.39 is 18.9 Å². The van der Waals surface area contributed by atoms with Gasteiger partial charge in [-0.25, -0.2) is 0 Å². The lowest BCUT2D eigenvalue weighted by Crippen LogP contribution is -2.44. The van der Waals surface area contributed by atoms with Crippen LogP contribution in [0.25, 0.3) is 0 Å². The summed E-state index contributed by atoms with van der Waals surface area (Å²) in [5.41, 5.74) is 0. The van der Waals surface area contributed by atoms with Gasteiger partial charge in [0, 0.05) is 7.11 Å². The molecule has 1 saturated heterocycles. The summed E-state index contributed by atoms with van der Waals surface area (Å²) in [4.78, 5) is 8.70. The Morgan fingerprint density at radius 2 is 2.18 bits per heavy atom. The molecule has 1 aliphatic heterocycles. The number of hydrogen-bond donors (Lipinski definition) is 2. The van der Waals surface area contributed by atoms with Gasteiger partial charge in [-0.05, 0) is 0 Å². The first-order valence-electron chi connectivity index (χ1n) is 3.07. The Bertz CT molecular complexity index is 118. The van der Waals surface area contributed by atoms with Gasteiger partial charge in [0.1, 0.15) is 6.10 Å². The lowest BCUT2D eigenvalue weighted by atomic mass is 10.4. The van der Waals surface area contributed by atoms with Crippen LogP contribution in [0.3, 0.4) is 0 Å². The van der Waals surface area contributed by atoms with Crippen molar-refractivity contribution < 1.29 is 29.5 Å². The van der Waals surface area contributed by atoms with E-state index in [4.69, 9.17) is 14.9 Å². The van der Waals surface area contributed by atoms with Gasteiger partial charge < -0.3 is 19.7 Å². The average molecular weight is 166 g/mol. The van der Waals surface area contributed by atoms with Crippen LogP contribution in [0.15, 0.2) is 0 Å². The van der Waals surface area contributed by atoms with Crippen LogP contribution in [0, 0.1) is 0 Å². The van der Waals surface area contributed by atoms with Crippen molar-refractivity contribution in [1.82, 2.24) is 0 Å². The van der Waals surface area contributed by atoms with E-state index in [2.05, 4.69) is 14.5 Å². The van der Waals surface area contributed by atoms with Gasteiger partial charge in [0.15, 0.2) is 0 Å². The second-order valence-electron chi connectivity index (χ2n) is 1.96. The molecule has 11 heavy (non-hydrogen) atoms. The zero-order valence-corrected chi connectivity index (χ0v) is 5.97. The number of hydrogen-bond acceptors (Lipinski definition) is 6. The van der Waals surface area contributed by atoms with Gasteiger partial charge in [-0.1, -0.05) is 0 Å². The highest BCUT2D eigenvalue weighted by Crippen LogP contribution is 2.13. The Morgan fingerprint density at radius 1 is 1.45 bits per heavy atom. The van der Waals surface area contributed by atoms with Gasteiger partial charge in [0.05, 0.1) is 6.61 Å².